The van der Waals surface area contributed by atoms with E-state index in [1.165, 1.54) is 0 Å². The van der Waals surface area contributed by atoms with E-state index in [2.05, 4.69) is 23.7 Å². The molecule has 3 nitrogen and oxygen atoms in total. The molecule has 0 aliphatic rings. The van der Waals surface area contributed by atoms with Crippen molar-refractivity contribution in [1.29, 1.82) is 0 Å². The zero-order valence-electron chi connectivity index (χ0n) is 10.3. The fraction of sp³-hybridized carbons (Fsp3) is 0.583. The largest absolute Gasteiger partial charge is 0.490 e. The van der Waals surface area contributed by atoms with E-state index in [1.54, 1.807) is 12.4 Å². The van der Waals surface area contributed by atoms with Crippen LogP contribution in [0.3, 0.4) is 0 Å². The number of halogens is 1. The Bertz CT molecular complexity index is 340. The summed E-state index contributed by atoms with van der Waals surface area (Å²) in [5.74, 6) is 1.22. The Balaban J connectivity index is 2.67. The second-order valence-electron chi connectivity index (χ2n) is 4.61. The molecule has 4 heteroatoms. The number of rotatable bonds is 5. The molecule has 0 saturated carbocycles. The number of pyridine rings is 1. The Morgan fingerprint density at radius 3 is 2.69 bits per heavy atom. The highest BCUT2D eigenvalue weighted by Crippen LogP contribution is 2.20. The summed E-state index contributed by atoms with van der Waals surface area (Å²) in [5, 5.41) is 0. The summed E-state index contributed by atoms with van der Waals surface area (Å²) >= 11 is 5.83. The Labute approximate surface area is 102 Å². The van der Waals surface area contributed by atoms with Gasteiger partial charge in [0.05, 0.1) is 12.1 Å². The predicted octanol–water partition coefficient (Wildman–Crippen LogP) is 2.54. The van der Waals surface area contributed by atoms with Crippen LogP contribution in [-0.2, 0) is 5.88 Å². The maximum Gasteiger partial charge on any atom is 0.142 e. The van der Waals surface area contributed by atoms with Gasteiger partial charge in [-0.2, -0.15) is 0 Å². The minimum atomic E-state index is -0.0145. The summed E-state index contributed by atoms with van der Waals surface area (Å²) in [6, 6.07) is 1.88. The van der Waals surface area contributed by atoms with Crippen LogP contribution in [-0.4, -0.2) is 36.1 Å². The van der Waals surface area contributed by atoms with Crippen molar-refractivity contribution in [3.8, 4) is 5.75 Å². The van der Waals surface area contributed by atoms with E-state index in [4.69, 9.17) is 16.3 Å². The highest BCUT2D eigenvalue weighted by Gasteiger charge is 2.21. The maximum atomic E-state index is 5.83. The Kier molecular flexibility index (Phi) is 4.56. The topological polar surface area (TPSA) is 25.4 Å². The standard InChI is InChI=1S/C12H19ClN2O/c1-12(2,15(3)4)9-16-11-8-14-6-5-10(11)7-13/h5-6,8H,7,9H2,1-4H3. The van der Waals surface area contributed by atoms with Crippen LogP contribution in [0.25, 0.3) is 0 Å². The second-order valence-corrected chi connectivity index (χ2v) is 4.88. The number of alkyl halides is 1. The average molecular weight is 243 g/mol. The molecule has 0 spiro atoms. The summed E-state index contributed by atoms with van der Waals surface area (Å²) in [6.45, 7) is 4.86. The lowest BCUT2D eigenvalue weighted by Crippen LogP contribution is -2.43. The smallest absolute Gasteiger partial charge is 0.142 e. The van der Waals surface area contributed by atoms with E-state index in [1.807, 2.05) is 20.2 Å². The van der Waals surface area contributed by atoms with Crippen LogP contribution in [0.15, 0.2) is 18.5 Å². The third-order valence-corrected chi connectivity index (χ3v) is 3.09. The molecule has 0 amide bonds. The van der Waals surface area contributed by atoms with Crippen molar-refractivity contribution < 1.29 is 4.74 Å². The highest BCUT2D eigenvalue weighted by atomic mass is 35.5. The monoisotopic (exact) mass is 242 g/mol. The lowest BCUT2D eigenvalue weighted by Gasteiger charge is -2.32. The van der Waals surface area contributed by atoms with Gasteiger partial charge in [0, 0.05) is 17.3 Å². The maximum absolute atomic E-state index is 5.83. The third-order valence-electron chi connectivity index (χ3n) is 2.81. The van der Waals surface area contributed by atoms with E-state index in [0.717, 1.165) is 11.3 Å². The lowest BCUT2D eigenvalue weighted by atomic mass is 10.1. The van der Waals surface area contributed by atoms with E-state index in [0.29, 0.717) is 12.5 Å². The molecular formula is C12H19ClN2O. The third kappa shape index (κ3) is 3.35. The van der Waals surface area contributed by atoms with Crippen molar-refractivity contribution in [2.24, 2.45) is 0 Å². The number of hydrogen-bond acceptors (Lipinski definition) is 3. The van der Waals surface area contributed by atoms with Gasteiger partial charge in [0.15, 0.2) is 0 Å². The van der Waals surface area contributed by atoms with Gasteiger partial charge < -0.3 is 9.64 Å². The number of aromatic nitrogens is 1. The molecule has 0 aliphatic carbocycles. The van der Waals surface area contributed by atoms with E-state index in [9.17, 15) is 0 Å². The average Bonchev–Trinajstić information content (AvgIpc) is 2.26. The summed E-state index contributed by atoms with van der Waals surface area (Å²) in [6.07, 6.45) is 3.44. The van der Waals surface area contributed by atoms with Crippen LogP contribution in [0, 0.1) is 0 Å². The summed E-state index contributed by atoms with van der Waals surface area (Å²) in [4.78, 5) is 6.17. The van der Waals surface area contributed by atoms with Crippen molar-refractivity contribution in [2.75, 3.05) is 20.7 Å². The van der Waals surface area contributed by atoms with Crippen molar-refractivity contribution >= 4 is 11.6 Å². The first-order valence-electron chi connectivity index (χ1n) is 5.26. The number of likely N-dealkylation sites (N-methyl/N-ethyl adjacent to an activating group) is 1. The number of nitrogens with zero attached hydrogens (tertiary/aromatic N) is 2. The number of hydrogen-bond donors (Lipinski definition) is 0. The molecule has 0 N–H and O–H groups in total. The van der Waals surface area contributed by atoms with Crippen LogP contribution >= 0.6 is 11.6 Å². The fourth-order valence-corrected chi connectivity index (χ4v) is 1.25. The molecule has 0 atom stereocenters. The Morgan fingerprint density at radius 2 is 2.12 bits per heavy atom. The van der Waals surface area contributed by atoms with Crippen LogP contribution in [0.1, 0.15) is 19.4 Å². The molecule has 1 aromatic rings. The molecule has 0 fully saturated rings. The van der Waals surface area contributed by atoms with Gasteiger partial charge in [-0.25, -0.2) is 0 Å². The van der Waals surface area contributed by atoms with Crippen LogP contribution in [0.4, 0.5) is 0 Å². The van der Waals surface area contributed by atoms with Crippen molar-refractivity contribution in [3.63, 3.8) is 0 Å². The van der Waals surface area contributed by atoms with Crippen LogP contribution in [0.5, 0.6) is 5.75 Å². The van der Waals surface area contributed by atoms with Crippen LogP contribution in [0.2, 0.25) is 0 Å². The van der Waals surface area contributed by atoms with Gasteiger partial charge in [0.25, 0.3) is 0 Å². The molecule has 0 aliphatic heterocycles. The van der Waals surface area contributed by atoms with Gasteiger partial charge in [-0.1, -0.05) is 0 Å². The van der Waals surface area contributed by atoms with Gasteiger partial charge >= 0.3 is 0 Å². The van der Waals surface area contributed by atoms with Crippen molar-refractivity contribution in [3.05, 3.63) is 24.0 Å². The zero-order valence-corrected chi connectivity index (χ0v) is 11.1. The predicted molar refractivity (Wildman–Crippen MR) is 67.1 cm³/mol. The van der Waals surface area contributed by atoms with E-state index >= 15 is 0 Å². The molecule has 1 heterocycles. The minimum absolute atomic E-state index is 0.0145. The summed E-state index contributed by atoms with van der Waals surface area (Å²) in [7, 11) is 4.07. The molecule has 16 heavy (non-hydrogen) atoms. The second kappa shape index (κ2) is 5.51. The van der Waals surface area contributed by atoms with E-state index < -0.39 is 0 Å². The molecule has 0 unspecified atom stereocenters. The Hall–Kier alpha value is -0.800. The first-order valence-corrected chi connectivity index (χ1v) is 5.80. The molecule has 0 bridgehead atoms. The van der Waals surface area contributed by atoms with Crippen molar-refractivity contribution in [1.82, 2.24) is 9.88 Å². The normalized spacial score (nSPS) is 11.9. The van der Waals surface area contributed by atoms with Crippen LogP contribution < -0.4 is 4.74 Å². The molecule has 0 saturated heterocycles. The number of ether oxygens (including phenoxy) is 1. The molecular weight excluding hydrogens is 224 g/mol. The highest BCUT2D eigenvalue weighted by molar-refractivity contribution is 6.17. The Morgan fingerprint density at radius 1 is 1.44 bits per heavy atom. The lowest BCUT2D eigenvalue weighted by molar-refractivity contribution is 0.113. The molecule has 90 valence electrons. The fourth-order valence-electron chi connectivity index (χ4n) is 1.03. The summed E-state index contributed by atoms with van der Waals surface area (Å²) < 4.78 is 5.77. The molecule has 0 aromatic carbocycles. The first-order chi connectivity index (χ1) is 7.47. The van der Waals surface area contributed by atoms with Gasteiger partial charge in [-0.3, -0.25) is 4.98 Å². The quantitative estimate of drug-likeness (QED) is 0.742. The SMILES string of the molecule is CN(C)C(C)(C)COc1cnccc1CCl. The van der Waals surface area contributed by atoms with Gasteiger partial charge in [-0.15, -0.1) is 11.6 Å². The zero-order chi connectivity index (χ0) is 12.2. The first kappa shape index (κ1) is 13.3. The molecule has 1 aromatic heterocycles. The minimum Gasteiger partial charge on any atom is -0.490 e. The van der Waals surface area contributed by atoms with Gasteiger partial charge in [0.2, 0.25) is 0 Å². The van der Waals surface area contributed by atoms with Crippen molar-refractivity contribution in [2.45, 2.75) is 25.3 Å². The molecule has 1 rings (SSSR count). The van der Waals surface area contributed by atoms with E-state index in [-0.39, 0.29) is 5.54 Å². The summed E-state index contributed by atoms with van der Waals surface area (Å²) in [5.41, 5.74) is 0.964. The van der Waals surface area contributed by atoms with Gasteiger partial charge in [-0.05, 0) is 34.0 Å². The molecule has 0 radical (unpaired) electrons. The van der Waals surface area contributed by atoms with Gasteiger partial charge in [0.1, 0.15) is 12.4 Å².